The van der Waals surface area contributed by atoms with Crippen molar-refractivity contribution < 1.29 is 13.9 Å². The van der Waals surface area contributed by atoms with Crippen LogP contribution in [0.5, 0.6) is 11.5 Å². The molecule has 0 aliphatic heterocycles. The summed E-state index contributed by atoms with van der Waals surface area (Å²) in [6.07, 6.45) is 4.01. The van der Waals surface area contributed by atoms with Crippen LogP contribution in [0.4, 0.5) is 0 Å². The molecular weight excluding hydrogens is 328 g/mol. The van der Waals surface area contributed by atoms with Gasteiger partial charge in [0.15, 0.2) is 0 Å². The first-order valence-electron chi connectivity index (χ1n) is 9.02. The number of benzene rings is 2. The first kappa shape index (κ1) is 18.1. The third-order valence-electron chi connectivity index (χ3n) is 4.35. The summed E-state index contributed by atoms with van der Waals surface area (Å²) in [6.45, 7) is 2.61. The number of hydrogen-bond donors (Lipinski definition) is 0. The summed E-state index contributed by atoms with van der Waals surface area (Å²) in [7, 11) is 1.55. The summed E-state index contributed by atoms with van der Waals surface area (Å²) < 4.78 is 16.8. The van der Waals surface area contributed by atoms with Crippen LogP contribution in [-0.4, -0.2) is 7.11 Å². The van der Waals surface area contributed by atoms with Gasteiger partial charge in [0.05, 0.1) is 7.11 Å². The van der Waals surface area contributed by atoms with Gasteiger partial charge >= 0.3 is 5.63 Å². The van der Waals surface area contributed by atoms with Crippen LogP contribution in [0.3, 0.4) is 0 Å². The topological polar surface area (TPSA) is 48.7 Å². The maximum atomic E-state index is 12.4. The monoisotopic (exact) mass is 352 g/mol. The number of ether oxygens (including phenoxy) is 2. The van der Waals surface area contributed by atoms with Gasteiger partial charge in [-0.05, 0) is 29.5 Å². The molecule has 0 atom stereocenters. The number of hydrogen-bond acceptors (Lipinski definition) is 4. The lowest BCUT2D eigenvalue weighted by atomic mass is 10.1. The van der Waals surface area contributed by atoms with Crippen LogP contribution in [-0.2, 0) is 13.0 Å². The Morgan fingerprint density at radius 3 is 2.58 bits per heavy atom. The second-order valence-electron chi connectivity index (χ2n) is 6.32. The molecule has 26 heavy (non-hydrogen) atoms. The Labute approximate surface area is 153 Å². The lowest BCUT2D eigenvalue weighted by Crippen LogP contribution is -2.05. The van der Waals surface area contributed by atoms with Crippen molar-refractivity contribution in [2.45, 2.75) is 39.2 Å². The summed E-state index contributed by atoms with van der Waals surface area (Å²) >= 11 is 0. The van der Waals surface area contributed by atoms with Crippen LogP contribution in [0.1, 0.15) is 37.5 Å². The van der Waals surface area contributed by atoms with Gasteiger partial charge in [-0.25, -0.2) is 4.79 Å². The van der Waals surface area contributed by atoms with Crippen LogP contribution < -0.4 is 15.1 Å². The number of unbranched alkanes of at least 4 members (excludes halogenated alkanes) is 2. The smallest absolute Gasteiger partial charge is 0.347 e. The first-order chi connectivity index (χ1) is 12.7. The van der Waals surface area contributed by atoms with Crippen molar-refractivity contribution in [3.63, 3.8) is 0 Å². The summed E-state index contributed by atoms with van der Waals surface area (Å²) in [4.78, 5) is 12.4. The average molecular weight is 352 g/mol. The van der Waals surface area contributed by atoms with Crippen molar-refractivity contribution >= 4 is 10.8 Å². The zero-order chi connectivity index (χ0) is 18.4. The highest BCUT2D eigenvalue weighted by atomic mass is 16.5. The molecule has 0 saturated carbocycles. The van der Waals surface area contributed by atoms with Crippen molar-refractivity contribution in [1.29, 1.82) is 0 Å². The van der Waals surface area contributed by atoms with Crippen molar-refractivity contribution in [3.8, 4) is 11.5 Å². The van der Waals surface area contributed by atoms with E-state index in [0.29, 0.717) is 29.3 Å². The second-order valence-corrected chi connectivity index (χ2v) is 6.32. The second kappa shape index (κ2) is 8.56. The fraction of sp³-hybridized carbons (Fsp3) is 0.318. The standard InChI is InChI=1S/C22H24O4/c1-3-4-6-11-18-12-17-13-19(25-15-16-9-7-5-8-10-16)14-20(24-2)21(17)22(23)26-18/h5,7-10,12-14H,3-4,6,11,15H2,1-2H3. The predicted octanol–water partition coefficient (Wildman–Crippen LogP) is 5.11. The lowest BCUT2D eigenvalue weighted by molar-refractivity contribution is 0.304. The van der Waals surface area contributed by atoms with Crippen LogP contribution >= 0.6 is 0 Å². The number of fused-ring (bicyclic) bond motifs is 1. The van der Waals surface area contributed by atoms with Crippen LogP contribution in [0, 0.1) is 0 Å². The van der Waals surface area contributed by atoms with Gasteiger partial charge < -0.3 is 13.9 Å². The van der Waals surface area contributed by atoms with Gasteiger partial charge in [0, 0.05) is 12.5 Å². The van der Waals surface area contributed by atoms with Crippen LogP contribution in [0.15, 0.2) is 57.7 Å². The SMILES string of the molecule is CCCCCc1cc2cc(OCc3ccccc3)cc(OC)c2c(=O)o1. The van der Waals surface area contributed by atoms with Crippen LogP contribution in [0.2, 0.25) is 0 Å². The summed E-state index contributed by atoms with van der Waals surface area (Å²) in [5.41, 5.74) is 0.722. The number of aryl methyl sites for hydroxylation is 1. The van der Waals surface area contributed by atoms with Crippen molar-refractivity contribution in [2.24, 2.45) is 0 Å². The molecule has 0 saturated heterocycles. The zero-order valence-corrected chi connectivity index (χ0v) is 15.3. The molecule has 3 rings (SSSR count). The van der Waals surface area contributed by atoms with E-state index in [-0.39, 0.29) is 5.63 Å². The van der Waals surface area contributed by atoms with Gasteiger partial charge in [0.25, 0.3) is 0 Å². The van der Waals surface area contributed by atoms with E-state index in [0.717, 1.165) is 36.6 Å². The van der Waals surface area contributed by atoms with E-state index >= 15 is 0 Å². The van der Waals surface area contributed by atoms with E-state index in [1.807, 2.05) is 42.5 Å². The Bertz CT molecular complexity index is 913. The van der Waals surface area contributed by atoms with Crippen molar-refractivity contribution in [1.82, 2.24) is 0 Å². The molecule has 0 N–H and O–H groups in total. The Morgan fingerprint density at radius 1 is 1.04 bits per heavy atom. The van der Waals surface area contributed by atoms with Gasteiger partial charge in [-0.15, -0.1) is 0 Å². The third-order valence-corrected chi connectivity index (χ3v) is 4.35. The zero-order valence-electron chi connectivity index (χ0n) is 15.3. The molecule has 2 aromatic carbocycles. The minimum Gasteiger partial charge on any atom is -0.496 e. The predicted molar refractivity (Wildman–Crippen MR) is 103 cm³/mol. The van der Waals surface area contributed by atoms with E-state index in [2.05, 4.69) is 6.92 Å². The third kappa shape index (κ3) is 4.26. The molecule has 4 nitrogen and oxygen atoms in total. The molecule has 0 aliphatic rings. The quantitative estimate of drug-likeness (QED) is 0.528. The summed E-state index contributed by atoms with van der Waals surface area (Å²) in [5, 5.41) is 1.24. The Hall–Kier alpha value is -2.75. The van der Waals surface area contributed by atoms with E-state index in [9.17, 15) is 4.79 Å². The fourth-order valence-electron chi connectivity index (χ4n) is 2.97. The van der Waals surface area contributed by atoms with Gasteiger partial charge in [-0.1, -0.05) is 50.1 Å². The fourth-order valence-corrected chi connectivity index (χ4v) is 2.97. The van der Waals surface area contributed by atoms with Gasteiger partial charge in [-0.2, -0.15) is 0 Å². The average Bonchev–Trinajstić information content (AvgIpc) is 2.66. The molecule has 0 amide bonds. The molecule has 136 valence electrons. The Kier molecular flexibility index (Phi) is 5.95. The lowest BCUT2D eigenvalue weighted by Gasteiger charge is -2.11. The Balaban J connectivity index is 1.91. The molecule has 1 heterocycles. The highest BCUT2D eigenvalue weighted by Gasteiger charge is 2.13. The molecule has 0 radical (unpaired) electrons. The highest BCUT2D eigenvalue weighted by Crippen LogP contribution is 2.30. The van der Waals surface area contributed by atoms with E-state index < -0.39 is 0 Å². The number of rotatable bonds is 8. The highest BCUT2D eigenvalue weighted by molar-refractivity contribution is 5.88. The normalized spacial score (nSPS) is 10.8. The molecule has 3 aromatic rings. The van der Waals surface area contributed by atoms with Gasteiger partial charge in [-0.3, -0.25) is 0 Å². The molecule has 0 bridgehead atoms. The Morgan fingerprint density at radius 2 is 1.85 bits per heavy atom. The molecule has 0 fully saturated rings. The summed E-state index contributed by atoms with van der Waals surface area (Å²) in [5.74, 6) is 1.85. The number of methoxy groups -OCH3 is 1. The van der Waals surface area contributed by atoms with Crippen molar-refractivity contribution in [2.75, 3.05) is 7.11 Å². The van der Waals surface area contributed by atoms with E-state index in [4.69, 9.17) is 13.9 Å². The molecule has 0 aliphatic carbocycles. The summed E-state index contributed by atoms with van der Waals surface area (Å²) in [6, 6.07) is 15.5. The minimum atomic E-state index is -0.361. The first-order valence-corrected chi connectivity index (χ1v) is 9.02. The largest absolute Gasteiger partial charge is 0.496 e. The molecule has 0 unspecified atom stereocenters. The molecule has 0 spiro atoms. The molecule has 4 heteroatoms. The van der Waals surface area contributed by atoms with Gasteiger partial charge in [0.2, 0.25) is 0 Å². The van der Waals surface area contributed by atoms with Gasteiger partial charge in [0.1, 0.15) is 29.3 Å². The van der Waals surface area contributed by atoms with Crippen molar-refractivity contribution in [3.05, 3.63) is 70.3 Å². The van der Waals surface area contributed by atoms with Crippen LogP contribution in [0.25, 0.3) is 10.8 Å². The maximum absolute atomic E-state index is 12.4. The van der Waals surface area contributed by atoms with E-state index in [1.165, 1.54) is 0 Å². The molecular formula is C22H24O4. The minimum absolute atomic E-state index is 0.361. The van der Waals surface area contributed by atoms with E-state index in [1.54, 1.807) is 13.2 Å². The molecule has 1 aromatic heterocycles. The maximum Gasteiger partial charge on any atom is 0.347 e.